The van der Waals surface area contributed by atoms with E-state index in [1.807, 2.05) is 30.3 Å². The minimum Gasteiger partial charge on any atom is -0.455 e. The SMILES string of the molecule is Nc1ccccc1-c1ccc2c(c1)-c1c(ccc3c1oc1ccccc13)C/C=C\CCN2. The van der Waals surface area contributed by atoms with Gasteiger partial charge in [0.05, 0.1) is 0 Å². The Kier molecular flexibility index (Phi) is 4.46. The van der Waals surface area contributed by atoms with E-state index in [1.165, 1.54) is 5.56 Å². The second-order valence-corrected chi connectivity index (χ2v) is 8.31. The first kappa shape index (κ1) is 18.8. The van der Waals surface area contributed by atoms with E-state index in [4.69, 9.17) is 10.2 Å². The van der Waals surface area contributed by atoms with Gasteiger partial charge in [-0.15, -0.1) is 0 Å². The molecular weight excluding hydrogens is 392 g/mol. The van der Waals surface area contributed by atoms with Gasteiger partial charge < -0.3 is 15.5 Å². The van der Waals surface area contributed by atoms with E-state index in [2.05, 4.69) is 66.0 Å². The molecule has 0 saturated heterocycles. The number of nitrogen functional groups attached to an aromatic ring is 1. The van der Waals surface area contributed by atoms with Crippen molar-refractivity contribution in [2.75, 3.05) is 17.6 Å². The molecule has 0 bridgehead atoms. The molecule has 0 atom stereocenters. The molecule has 0 amide bonds. The highest BCUT2D eigenvalue weighted by atomic mass is 16.3. The van der Waals surface area contributed by atoms with Crippen LogP contribution in [0.3, 0.4) is 0 Å². The molecule has 0 radical (unpaired) electrons. The second-order valence-electron chi connectivity index (χ2n) is 8.31. The van der Waals surface area contributed by atoms with E-state index >= 15 is 0 Å². The average molecular weight is 417 g/mol. The Morgan fingerprint density at radius 1 is 0.781 bits per heavy atom. The molecule has 1 aliphatic rings. The van der Waals surface area contributed by atoms with E-state index in [-0.39, 0.29) is 0 Å². The monoisotopic (exact) mass is 416 g/mol. The number of hydrogen-bond acceptors (Lipinski definition) is 3. The van der Waals surface area contributed by atoms with Gasteiger partial charge in [-0.3, -0.25) is 0 Å². The number of benzene rings is 4. The average Bonchev–Trinajstić information content (AvgIpc) is 3.20. The zero-order chi connectivity index (χ0) is 21.5. The molecule has 3 N–H and O–H groups in total. The smallest absolute Gasteiger partial charge is 0.143 e. The van der Waals surface area contributed by atoms with Crippen molar-refractivity contribution in [3.8, 4) is 22.3 Å². The van der Waals surface area contributed by atoms with Crippen LogP contribution < -0.4 is 11.1 Å². The first-order chi connectivity index (χ1) is 15.8. The minimum atomic E-state index is 0.783. The fourth-order valence-corrected chi connectivity index (χ4v) is 4.75. The highest BCUT2D eigenvalue weighted by Crippen LogP contribution is 2.43. The summed E-state index contributed by atoms with van der Waals surface area (Å²) in [5.41, 5.74) is 15.8. The normalized spacial score (nSPS) is 14.5. The summed E-state index contributed by atoms with van der Waals surface area (Å²) in [7, 11) is 0. The Bertz CT molecular complexity index is 1490. The van der Waals surface area contributed by atoms with E-state index < -0.39 is 0 Å². The van der Waals surface area contributed by atoms with Crippen molar-refractivity contribution in [2.45, 2.75) is 12.8 Å². The Morgan fingerprint density at radius 3 is 2.59 bits per heavy atom. The predicted octanol–water partition coefficient (Wildman–Crippen LogP) is 7.42. The number of anilines is 2. The maximum atomic E-state index is 6.47. The van der Waals surface area contributed by atoms with E-state index in [0.29, 0.717) is 0 Å². The molecule has 0 aliphatic carbocycles. The quantitative estimate of drug-likeness (QED) is 0.221. The molecule has 0 unspecified atom stereocenters. The Morgan fingerprint density at radius 2 is 1.66 bits per heavy atom. The van der Waals surface area contributed by atoms with Crippen LogP contribution in [-0.4, -0.2) is 6.54 Å². The number of rotatable bonds is 1. The topological polar surface area (TPSA) is 51.2 Å². The standard InChI is InChI=1S/C29H24N2O/c30-25-11-5-3-9-21(25)20-14-16-26-24(18-20)28-19(8-2-1-7-17-31-26)13-15-23-22-10-4-6-12-27(22)32-29(23)28/h1-6,9-16,18,31H,7-8,17,30H2/b2-1-. The van der Waals surface area contributed by atoms with Crippen LogP contribution in [0.15, 0.2) is 95.4 Å². The van der Waals surface area contributed by atoms with Crippen molar-refractivity contribution in [3.63, 3.8) is 0 Å². The number of hydrogen-bond donors (Lipinski definition) is 2. The van der Waals surface area contributed by atoms with Gasteiger partial charge in [0.15, 0.2) is 0 Å². The summed E-state index contributed by atoms with van der Waals surface area (Å²) >= 11 is 0. The van der Waals surface area contributed by atoms with Gasteiger partial charge in [-0.05, 0) is 48.2 Å². The van der Waals surface area contributed by atoms with Crippen LogP contribution in [0.1, 0.15) is 12.0 Å². The summed E-state index contributed by atoms with van der Waals surface area (Å²) < 4.78 is 6.47. The molecule has 3 nitrogen and oxygen atoms in total. The third-order valence-corrected chi connectivity index (χ3v) is 6.32. The minimum absolute atomic E-state index is 0.783. The number of nitrogens with two attached hydrogens (primary N) is 1. The van der Waals surface area contributed by atoms with E-state index in [1.54, 1.807) is 0 Å². The van der Waals surface area contributed by atoms with Crippen LogP contribution in [0.4, 0.5) is 11.4 Å². The molecule has 0 saturated carbocycles. The van der Waals surface area contributed by atoms with Crippen LogP contribution >= 0.6 is 0 Å². The van der Waals surface area contributed by atoms with Gasteiger partial charge in [0.2, 0.25) is 0 Å². The highest BCUT2D eigenvalue weighted by Gasteiger charge is 2.19. The Balaban J connectivity index is 1.69. The Labute approximate surface area is 187 Å². The molecule has 156 valence electrons. The van der Waals surface area contributed by atoms with Crippen molar-refractivity contribution in [3.05, 3.63) is 96.6 Å². The molecule has 0 spiro atoms. The molecule has 1 aliphatic heterocycles. The number of allylic oxidation sites excluding steroid dienone is 1. The van der Waals surface area contributed by atoms with Gasteiger partial charge in [-0.25, -0.2) is 0 Å². The van der Waals surface area contributed by atoms with Crippen molar-refractivity contribution >= 4 is 33.3 Å². The van der Waals surface area contributed by atoms with Crippen LogP contribution in [0.2, 0.25) is 0 Å². The number of para-hydroxylation sites is 2. The summed E-state index contributed by atoms with van der Waals surface area (Å²) in [6, 6.07) is 27.3. The molecule has 3 heteroatoms. The zero-order valence-electron chi connectivity index (χ0n) is 17.8. The van der Waals surface area contributed by atoms with Crippen molar-refractivity contribution in [2.24, 2.45) is 0 Å². The fourth-order valence-electron chi connectivity index (χ4n) is 4.75. The summed E-state index contributed by atoms with van der Waals surface area (Å²) in [5, 5.41) is 5.94. The fraction of sp³-hybridized carbons (Fsp3) is 0.103. The Hall–Kier alpha value is -3.98. The summed E-state index contributed by atoms with van der Waals surface area (Å²) in [6.45, 7) is 0.891. The molecule has 1 aromatic heterocycles. The molecule has 2 heterocycles. The third kappa shape index (κ3) is 3.05. The maximum Gasteiger partial charge on any atom is 0.143 e. The van der Waals surface area contributed by atoms with Crippen molar-refractivity contribution in [1.29, 1.82) is 0 Å². The summed E-state index contributed by atoms with van der Waals surface area (Å²) in [4.78, 5) is 0. The van der Waals surface area contributed by atoms with Gasteiger partial charge in [-0.1, -0.05) is 66.7 Å². The van der Waals surface area contributed by atoms with Crippen LogP contribution in [0, 0.1) is 0 Å². The molecule has 4 aromatic carbocycles. The third-order valence-electron chi connectivity index (χ3n) is 6.32. The molecule has 6 rings (SSSR count). The molecule has 32 heavy (non-hydrogen) atoms. The number of fused-ring (bicyclic) bond motifs is 7. The van der Waals surface area contributed by atoms with Gasteiger partial charge in [0.25, 0.3) is 0 Å². The number of nitrogens with one attached hydrogen (secondary N) is 1. The molecular formula is C29H24N2O. The van der Waals surface area contributed by atoms with E-state index in [0.717, 1.165) is 75.0 Å². The lowest BCUT2D eigenvalue weighted by Gasteiger charge is -2.18. The predicted molar refractivity (Wildman–Crippen MR) is 135 cm³/mol. The van der Waals surface area contributed by atoms with Gasteiger partial charge in [0, 0.05) is 45.4 Å². The summed E-state index contributed by atoms with van der Waals surface area (Å²) in [6.07, 6.45) is 6.39. The molecule has 0 fully saturated rings. The van der Waals surface area contributed by atoms with Gasteiger partial charge in [0.1, 0.15) is 11.2 Å². The van der Waals surface area contributed by atoms with Crippen molar-refractivity contribution < 1.29 is 4.42 Å². The molecule has 5 aromatic rings. The highest BCUT2D eigenvalue weighted by molar-refractivity contribution is 6.11. The van der Waals surface area contributed by atoms with Gasteiger partial charge in [-0.2, -0.15) is 0 Å². The first-order valence-corrected chi connectivity index (χ1v) is 11.1. The second kappa shape index (κ2) is 7.61. The van der Waals surface area contributed by atoms with E-state index in [9.17, 15) is 0 Å². The van der Waals surface area contributed by atoms with Gasteiger partial charge >= 0.3 is 0 Å². The lowest BCUT2D eigenvalue weighted by Crippen LogP contribution is -2.04. The largest absolute Gasteiger partial charge is 0.455 e. The first-order valence-electron chi connectivity index (χ1n) is 11.1. The lowest BCUT2D eigenvalue weighted by molar-refractivity contribution is 0.669. The van der Waals surface area contributed by atoms with Crippen molar-refractivity contribution in [1.82, 2.24) is 0 Å². The van der Waals surface area contributed by atoms with Crippen LogP contribution in [-0.2, 0) is 6.42 Å². The van der Waals surface area contributed by atoms with Crippen LogP contribution in [0.5, 0.6) is 0 Å². The summed E-state index contributed by atoms with van der Waals surface area (Å²) in [5.74, 6) is 0. The number of furan rings is 1. The zero-order valence-corrected chi connectivity index (χ0v) is 17.8. The van der Waals surface area contributed by atoms with Crippen LogP contribution in [0.25, 0.3) is 44.2 Å². The maximum absolute atomic E-state index is 6.47. The lowest BCUT2D eigenvalue weighted by atomic mass is 9.90.